The second-order valence-electron chi connectivity index (χ2n) is 7.87. The van der Waals surface area contributed by atoms with Crippen molar-refractivity contribution in [1.82, 2.24) is 10.3 Å². The average molecular weight is 405 g/mol. The van der Waals surface area contributed by atoms with E-state index in [1.165, 1.54) is 89.5 Å². The maximum atomic E-state index is 11.0. The quantitative estimate of drug-likeness (QED) is 0.173. The van der Waals surface area contributed by atoms with Crippen molar-refractivity contribution in [3.63, 3.8) is 0 Å². The Kier molecular flexibility index (Phi) is 11.1. The minimum Gasteiger partial charge on any atom is -0.383 e. The lowest BCUT2D eigenvalue weighted by molar-refractivity contribution is -0.383. The van der Waals surface area contributed by atoms with E-state index in [4.69, 9.17) is 0 Å². The van der Waals surface area contributed by atoms with Crippen LogP contribution in [0.25, 0.3) is 11.0 Å². The number of benzene rings is 1. The highest BCUT2D eigenvalue weighted by molar-refractivity contribution is 5.93. The molecular formula is C22H36N4O3. The van der Waals surface area contributed by atoms with Gasteiger partial charge in [-0.15, -0.1) is 0 Å². The minimum atomic E-state index is -0.468. The molecular weight excluding hydrogens is 368 g/mol. The lowest BCUT2D eigenvalue weighted by atomic mass is 10.0. The van der Waals surface area contributed by atoms with Gasteiger partial charge in [0.2, 0.25) is 5.52 Å². The maximum absolute atomic E-state index is 11.0. The fourth-order valence-corrected chi connectivity index (χ4v) is 3.69. The molecule has 0 saturated heterocycles. The number of aromatic nitrogens is 2. The van der Waals surface area contributed by atoms with Crippen LogP contribution in [0.2, 0.25) is 0 Å². The lowest BCUT2D eigenvalue weighted by Gasteiger charge is -2.06. The van der Waals surface area contributed by atoms with E-state index in [9.17, 15) is 10.1 Å². The Bertz CT molecular complexity index is 717. The summed E-state index contributed by atoms with van der Waals surface area (Å²) in [4.78, 5) is 10.5. The number of rotatable bonds is 17. The summed E-state index contributed by atoms with van der Waals surface area (Å²) < 4.78 is 4.68. The summed E-state index contributed by atoms with van der Waals surface area (Å²) in [6.07, 6.45) is 18.7. The lowest BCUT2D eigenvalue weighted by Crippen LogP contribution is -2.02. The van der Waals surface area contributed by atoms with Crippen LogP contribution in [0.5, 0.6) is 0 Å². The molecule has 2 rings (SSSR count). The van der Waals surface area contributed by atoms with Crippen molar-refractivity contribution in [1.29, 1.82) is 0 Å². The Morgan fingerprint density at radius 1 is 0.828 bits per heavy atom. The highest BCUT2D eigenvalue weighted by atomic mass is 16.6. The molecule has 7 nitrogen and oxygen atoms in total. The van der Waals surface area contributed by atoms with Crippen molar-refractivity contribution in [3.8, 4) is 0 Å². The van der Waals surface area contributed by atoms with Gasteiger partial charge >= 0.3 is 5.69 Å². The van der Waals surface area contributed by atoms with E-state index in [1.54, 1.807) is 6.07 Å². The summed E-state index contributed by atoms with van der Waals surface area (Å²) in [5.41, 5.74) is 1.27. The summed E-state index contributed by atoms with van der Waals surface area (Å²) in [5, 5.41) is 21.8. The van der Waals surface area contributed by atoms with Gasteiger partial charge in [-0.2, -0.15) is 0 Å². The van der Waals surface area contributed by atoms with E-state index >= 15 is 0 Å². The molecule has 1 aromatic carbocycles. The summed E-state index contributed by atoms with van der Waals surface area (Å²) in [6.45, 7) is 3.08. The smallest absolute Gasteiger partial charge is 0.300 e. The van der Waals surface area contributed by atoms with Gasteiger partial charge in [0.15, 0.2) is 5.52 Å². The van der Waals surface area contributed by atoms with Crippen LogP contribution in [0.1, 0.15) is 96.8 Å². The summed E-state index contributed by atoms with van der Waals surface area (Å²) >= 11 is 0. The van der Waals surface area contributed by atoms with E-state index < -0.39 is 4.92 Å². The maximum Gasteiger partial charge on any atom is 0.300 e. The molecule has 0 atom stereocenters. The molecule has 0 aliphatic rings. The number of nitro groups is 1. The molecule has 0 aliphatic carbocycles. The molecule has 29 heavy (non-hydrogen) atoms. The van der Waals surface area contributed by atoms with Crippen LogP contribution in [0.4, 0.5) is 11.4 Å². The van der Waals surface area contributed by atoms with E-state index in [0.717, 1.165) is 18.7 Å². The van der Waals surface area contributed by atoms with Gasteiger partial charge in [-0.05, 0) is 22.8 Å². The zero-order valence-electron chi connectivity index (χ0n) is 17.8. The summed E-state index contributed by atoms with van der Waals surface area (Å²) in [5.74, 6) is 0. The minimum absolute atomic E-state index is 0.0803. The topological polar surface area (TPSA) is 94.1 Å². The van der Waals surface area contributed by atoms with E-state index in [1.807, 2.05) is 0 Å². The van der Waals surface area contributed by atoms with Crippen molar-refractivity contribution in [2.24, 2.45) is 0 Å². The number of nitrogens with zero attached hydrogens (tertiary/aromatic N) is 3. The van der Waals surface area contributed by atoms with Crippen molar-refractivity contribution < 1.29 is 9.55 Å². The van der Waals surface area contributed by atoms with Gasteiger partial charge in [-0.1, -0.05) is 90.4 Å². The van der Waals surface area contributed by atoms with Crippen LogP contribution < -0.4 is 5.32 Å². The second kappa shape index (κ2) is 13.9. The third kappa shape index (κ3) is 8.38. The first-order chi connectivity index (χ1) is 14.2. The molecule has 2 aromatic rings. The zero-order valence-corrected chi connectivity index (χ0v) is 17.8. The summed E-state index contributed by atoms with van der Waals surface area (Å²) in [6, 6.07) is 3.12. The van der Waals surface area contributed by atoms with Crippen molar-refractivity contribution in [2.75, 3.05) is 11.9 Å². The third-order valence-corrected chi connectivity index (χ3v) is 5.44. The number of nitrogens with one attached hydrogen (secondary N) is 1. The van der Waals surface area contributed by atoms with Crippen LogP contribution in [0, 0.1) is 10.1 Å². The van der Waals surface area contributed by atoms with Gasteiger partial charge in [0.1, 0.15) is 0 Å². The molecule has 0 amide bonds. The monoisotopic (exact) mass is 404 g/mol. The normalized spacial score (nSPS) is 11.2. The predicted molar refractivity (Wildman–Crippen MR) is 117 cm³/mol. The number of hydrogen-bond donors (Lipinski definition) is 1. The van der Waals surface area contributed by atoms with Gasteiger partial charge in [0, 0.05) is 12.6 Å². The average Bonchev–Trinajstić information content (AvgIpc) is 3.20. The number of nitro benzene ring substituents is 1. The molecule has 0 aliphatic heterocycles. The zero-order chi connectivity index (χ0) is 20.7. The molecule has 162 valence electrons. The van der Waals surface area contributed by atoms with Crippen LogP contribution in [0.15, 0.2) is 16.8 Å². The highest BCUT2D eigenvalue weighted by Gasteiger charge is 2.19. The fourth-order valence-electron chi connectivity index (χ4n) is 3.69. The van der Waals surface area contributed by atoms with E-state index in [-0.39, 0.29) is 11.2 Å². The van der Waals surface area contributed by atoms with Gasteiger partial charge in [-0.25, -0.2) is 4.63 Å². The third-order valence-electron chi connectivity index (χ3n) is 5.44. The van der Waals surface area contributed by atoms with Crippen molar-refractivity contribution >= 4 is 22.4 Å². The molecule has 7 heteroatoms. The first-order valence-corrected chi connectivity index (χ1v) is 11.4. The Morgan fingerprint density at radius 2 is 1.34 bits per heavy atom. The molecule has 0 fully saturated rings. The Labute approximate surface area is 173 Å². The molecule has 1 N–H and O–H groups in total. The van der Waals surface area contributed by atoms with Gasteiger partial charge in [-0.3, -0.25) is 10.1 Å². The highest BCUT2D eigenvalue weighted by Crippen LogP contribution is 2.28. The Morgan fingerprint density at radius 3 is 1.90 bits per heavy atom. The predicted octanol–water partition coefficient (Wildman–Crippen LogP) is 7.02. The van der Waals surface area contributed by atoms with Crippen LogP contribution >= 0.6 is 0 Å². The molecule has 0 radical (unpaired) electrons. The molecule has 0 spiro atoms. The first-order valence-electron chi connectivity index (χ1n) is 11.4. The fraction of sp³-hybridized carbons (Fsp3) is 0.727. The van der Waals surface area contributed by atoms with Crippen molar-refractivity contribution in [3.05, 3.63) is 22.2 Å². The van der Waals surface area contributed by atoms with Gasteiger partial charge in [0.05, 0.1) is 10.6 Å². The SMILES string of the molecule is CCCCCCCCCCCCCCCCNc1ccc([N+](=O)[O-])c2nonc12. The van der Waals surface area contributed by atoms with Gasteiger partial charge in [0.25, 0.3) is 0 Å². The van der Waals surface area contributed by atoms with Crippen LogP contribution in [-0.2, 0) is 0 Å². The standard InChI is InChI=1S/C22H36N4O3/c1-2-3-4-5-6-7-8-9-10-11-12-13-14-15-18-23-19-16-17-20(26(27)28)22-21(19)24-29-25-22/h16-17,23H,2-15,18H2,1H3. The molecule has 0 bridgehead atoms. The van der Waals surface area contributed by atoms with Crippen LogP contribution in [-0.4, -0.2) is 21.8 Å². The largest absolute Gasteiger partial charge is 0.383 e. The molecule has 1 heterocycles. The molecule has 1 aromatic heterocycles. The van der Waals surface area contributed by atoms with E-state index in [2.05, 4.69) is 27.2 Å². The number of hydrogen-bond acceptors (Lipinski definition) is 6. The van der Waals surface area contributed by atoms with Crippen LogP contribution in [0.3, 0.4) is 0 Å². The first kappa shape index (κ1) is 23.1. The molecule has 0 saturated carbocycles. The van der Waals surface area contributed by atoms with Crippen molar-refractivity contribution in [2.45, 2.75) is 96.8 Å². The number of non-ortho nitro benzene ring substituents is 1. The summed E-state index contributed by atoms with van der Waals surface area (Å²) in [7, 11) is 0. The van der Waals surface area contributed by atoms with Gasteiger partial charge < -0.3 is 5.32 Å². The van der Waals surface area contributed by atoms with E-state index in [0.29, 0.717) is 5.52 Å². The Balaban J connectivity index is 1.47. The number of unbranched alkanes of at least 4 members (excludes halogenated alkanes) is 13. The second-order valence-corrected chi connectivity index (χ2v) is 7.87. The number of fused-ring (bicyclic) bond motifs is 1. The molecule has 0 unspecified atom stereocenters. The Hall–Kier alpha value is -2.18. The number of anilines is 1.